The van der Waals surface area contributed by atoms with Crippen LogP contribution in [0.25, 0.3) is 21.7 Å². The largest absolute Gasteiger partial charge is 0.304 e. The van der Waals surface area contributed by atoms with Crippen molar-refractivity contribution in [1.82, 2.24) is 4.98 Å². The average molecular weight is 471 g/mol. The molecule has 0 spiro atoms. The second kappa shape index (κ2) is 5.08. The van der Waals surface area contributed by atoms with E-state index in [9.17, 15) is 0 Å². The van der Waals surface area contributed by atoms with Crippen LogP contribution in [-0.2, 0) is 25.5 Å². The molecular formula is C18H16IrNS-. The third-order valence-electron chi connectivity index (χ3n) is 4.25. The van der Waals surface area contributed by atoms with Gasteiger partial charge in [0.15, 0.2) is 0 Å². The zero-order chi connectivity index (χ0) is 13.9. The van der Waals surface area contributed by atoms with E-state index in [4.69, 9.17) is 4.98 Å². The van der Waals surface area contributed by atoms with Gasteiger partial charge in [0.1, 0.15) is 0 Å². The number of thioether (sulfide) groups is 1. The summed E-state index contributed by atoms with van der Waals surface area (Å²) < 4.78 is 0. The summed E-state index contributed by atoms with van der Waals surface area (Å²) in [5.41, 5.74) is 4.02. The maximum atomic E-state index is 4.77. The van der Waals surface area contributed by atoms with E-state index in [0.29, 0.717) is 0 Å². The smallest absolute Gasteiger partial charge is 0.0210 e. The molecule has 0 saturated carbocycles. The van der Waals surface area contributed by atoms with Crippen molar-refractivity contribution < 1.29 is 20.1 Å². The Morgan fingerprint density at radius 2 is 2.10 bits per heavy atom. The molecule has 1 aromatic heterocycles. The fraction of sp³-hybridized carbons (Fsp3) is 0.278. The van der Waals surface area contributed by atoms with Crippen molar-refractivity contribution in [2.75, 3.05) is 5.75 Å². The molecule has 2 aromatic carbocycles. The molecule has 0 bridgehead atoms. The van der Waals surface area contributed by atoms with E-state index in [1.807, 2.05) is 23.9 Å². The van der Waals surface area contributed by atoms with Gasteiger partial charge in [-0.15, -0.1) is 46.8 Å². The first-order valence-electron chi connectivity index (χ1n) is 6.94. The third-order valence-corrected chi connectivity index (χ3v) is 5.85. The summed E-state index contributed by atoms with van der Waals surface area (Å²) in [5.74, 6) is 1.14. The molecule has 0 N–H and O–H groups in total. The van der Waals surface area contributed by atoms with Crippen LogP contribution in [0.4, 0.5) is 0 Å². The summed E-state index contributed by atoms with van der Waals surface area (Å²) in [6, 6.07) is 11.9. The Hall–Kier alpha value is -0.891. The van der Waals surface area contributed by atoms with Gasteiger partial charge in [0.2, 0.25) is 0 Å². The molecule has 0 unspecified atom stereocenters. The van der Waals surface area contributed by atoms with E-state index in [-0.39, 0.29) is 25.5 Å². The van der Waals surface area contributed by atoms with Crippen molar-refractivity contribution in [2.45, 2.75) is 31.1 Å². The fourth-order valence-corrected chi connectivity index (χ4v) is 4.52. The quantitative estimate of drug-likeness (QED) is 0.343. The van der Waals surface area contributed by atoms with E-state index >= 15 is 0 Å². The number of fused-ring (bicyclic) bond motifs is 5. The molecule has 1 nitrogen and oxygen atoms in total. The van der Waals surface area contributed by atoms with E-state index in [1.165, 1.54) is 26.8 Å². The van der Waals surface area contributed by atoms with Crippen LogP contribution in [0.2, 0.25) is 0 Å². The maximum absolute atomic E-state index is 4.77. The number of aryl methyl sites for hydroxylation is 1. The van der Waals surface area contributed by atoms with Gasteiger partial charge in [0.25, 0.3) is 0 Å². The number of benzene rings is 2. The summed E-state index contributed by atoms with van der Waals surface area (Å²) in [6.07, 6.45) is 2.08. The third kappa shape index (κ3) is 2.14. The molecule has 3 heteroatoms. The Morgan fingerprint density at radius 1 is 1.29 bits per heavy atom. The predicted octanol–water partition coefficient (Wildman–Crippen LogP) is 4.88. The molecule has 0 aliphatic carbocycles. The second-order valence-corrected chi connectivity index (χ2v) is 7.21. The monoisotopic (exact) mass is 471 g/mol. The molecule has 2 heterocycles. The van der Waals surface area contributed by atoms with Crippen LogP contribution >= 0.6 is 11.8 Å². The Bertz CT molecular complexity index is 855. The van der Waals surface area contributed by atoms with Crippen LogP contribution < -0.4 is 0 Å². The van der Waals surface area contributed by atoms with Gasteiger partial charge in [-0.1, -0.05) is 25.5 Å². The first kappa shape index (κ1) is 15.0. The van der Waals surface area contributed by atoms with Crippen molar-refractivity contribution in [2.24, 2.45) is 0 Å². The van der Waals surface area contributed by atoms with Gasteiger partial charge in [0, 0.05) is 42.4 Å². The number of pyridine rings is 1. The molecule has 1 aliphatic heterocycles. The van der Waals surface area contributed by atoms with E-state index in [0.717, 1.165) is 16.7 Å². The van der Waals surface area contributed by atoms with Gasteiger partial charge in [-0.05, 0) is 23.4 Å². The molecule has 4 rings (SSSR count). The van der Waals surface area contributed by atoms with Gasteiger partial charge in [-0.3, -0.25) is 0 Å². The van der Waals surface area contributed by atoms with Crippen molar-refractivity contribution >= 4 is 33.4 Å². The van der Waals surface area contributed by atoms with Crippen molar-refractivity contribution in [3.05, 3.63) is 47.7 Å². The Labute approximate surface area is 142 Å². The average Bonchev–Trinajstić information content (AvgIpc) is 2.75. The normalized spacial score (nSPS) is 16.0. The van der Waals surface area contributed by atoms with Crippen LogP contribution in [0.5, 0.6) is 0 Å². The summed E-state index contributed by atoms with van der Waals surface area (Å²) in [6.45, 7) is 6.79. The number of hydrogen-bond acceptors (Lipinski definition) is 2. The first-order chi connectivity index (χ1) is 9.58. The predicted molar refractivity (Wildman–Crippen MR) is 86.6 cm³/mol. The molecular weight excluding hydrogens is 454 g/mol. The van der Waals surface area contributed by atoms with Gasteiger partial charge < -0.3 is 4.98 Å². The summed E-state index contributed by atoms with van der Waals surface area (Å²) in [7, 11) is 0. The summed E-state index contributed by atoms with van der Waals surface area (Å²) >= 11 is 1.97. The first-order valence-corrected chi connectivity index (χ1v) is 7.92. The van der Waals surface area contributed by atoms with Crippen molar-refractivity contribution in [3.63, 3.8) is 0 Å². The zero-order valence-electron chi connectivity index (χ0n) is 12.3. The number of aromatic nitrogens is 1. The van der Waals surface area contributed by atoms with Crippen LogP contribution in [0, 0.1) is 13.0 Å². The van der Waals surface area contributed by atoms with Crippen molar-refractivity contribution in [3.8, 4) is 0 Å². The molecule has 109 valence electrons. The maximum Gasteiger partial charge on any atom is 0.0210 e. The number of hydrogen-bond donors (Lipinski definition) is 0. The molecule has 1 aliphatic rings. The van der Waals surface area contributed by atoms with E-state index in [1.54, 1.807) is 0 Å². The van der Waals surface area contributed by atoms with Gasteiger partial charge in [-0.25, -0.2) is 0 Å². The van der Waals surface area contributed by atoms with Crippen LogP contribution in [0.3, 0.4) is 0 Å². The van der Waals surface area contributed by atoms with Crippen LogP contribution in [0.15, 0.2) is 35.4 Å². The van der Waals surface area contributed by atoms with E-state index < -0.39 is 0 Å². The molecule has 3 aromatic rings. The number of nitrogens with zero attached hydrogens (tertiary/aromatic N) is 1. The standard InChI is InChI=1S/C18H16NS.Ir/c1-11-8-14-16(13-7-5-4-6-12(11)13)19-9-15-17(14)20-10-18(15,2)3;/h4-6,8-9H,10H2,1-3H3;/q-1;. The molecule has 0 fully saturated rings. The van der Waals surface area contributed by atoms with Crippen LogP contribution in [-0.4, -0.2) is 10.7 Å². The molecule has 0 saturated heterocycles. The molecule has 21 heavy (non-hydrogen) atoms. The van der Waals surface area contributed by atoms with Gasteiger partial charge >= 0.3 is 0 Å². The van der Waals surface area contributed by atoms with Crippen molar-refractivity contribution in [1.29, 1.82) is 0 Å². The summed E-state index contributed by atoms with van der Waals surface area (Å²) in [4.78, 5) is 6.19. The second-order valence-electron chi connectivity index (χ2n) is 6.22. The number of rotatable bonds is 0. The Morgan fingerprint density at radius 3 is 2.90 bits per heavy atom. The van der Waals surface area contributed by atoms with E-state index in [2.05, 4.69) is 45.2 Å². The Kier molecular flexibility index (Phi) is 3.64. The molecule has 0 amide bonds. The summed E-state index contributed by atoms with van der Waals surface area (Å²) in [5, 5.41) is 3.70. The zero-order valence-corrected chi connectivity index (χ0v) is 15.5. The molecule has 0 atom stereocenters. The van der Waals surface area contributed by atoms with Gasteiger partial charge in [-0.2, -0.15) is 0 Å². The topological polar surface area (TPSA) is 12.9 Å². The SMILES string of the molecule is Cc1cc2c3c(cnc2c2[c-]cccc12)C(C)(C)CS3.[Ir]. The van der Waals surface area contributed by atoms with Gasteiger partial charge in [0.05, 0.1) is 0 Å². The minimum absolute atomic E-state index is 0. The minimum atomic E-state index is 0. The minimum Gasteiger partial charge on any atom is -0.304 e. The van der Waals surface area contributed by atoms with Crippen LogP contribution in [0.1, 0.15) is 25.0 Å². The Balaban J connectivity index is 0.00000132. The fourth-order valence-electron chi connectivity index (χ4n) is 3.07. The molecule has 1 radical (unpaired) electrons.